The minimum atomic E-state index is -3.92. The van der Waals surface area contributed by atoms with Gasteiger partial charge in [0.1, 0.15) is 6.04 Å². The van der Waals surface area contributed by atoms with E-state index in [0.717, 1.165) is 16.7 Å². The number of hydrogen-bond acceptors (Lipinski definition) is 4. The molecule has 0 spiro atoms. The standard InChI is InChI=1S/C23H29NO4S/c1-5-7-8-22(23(25)28-6-2)24(17-20-13-9-18(3)10-14-20)29(26,27)21-15-11-19(4)12-16-21/h5,9-16,22H,1,6-8,17H2,2-4H3. The Labute approximate surface area is 174 Å². The lowest BCUT2D eigenvalue weighted by molar-refractivity contribution is -0.148. The van der Waals surface area contributed by atoms with Crippen molar-refractivity contribution in [3.63, 3.8) is 0 Å². The number of rotatable bonds is 10. The molecule has 29 heavy (non-hydrogen) atoms. The highest BCUT2D eigenvalue weighted by atomic mass is 32.2. The van der Waals surface area contributed by atoms with Crippen LogP contribution in [0, 0.1) is 13.8 Å². The Bertz CT molecular complexity index is 918. The van der Waals surface area contributed by atoms with Crippen molar-refractivity contribution in [3.8, 4) is 0 Å². The summed E-state index contributed by atoms with van der Waals surface area (Å²) in [6.07, 6.45) is 2.48. The Morgan fingerprint density at radius 1 is 1.07 bits per heavy atom. The zero-order valence-electron chi connectivity index (χ0n) is 17.3. The lowest BCUT2D eigenvalue weighted by Gasteiger charge is -2.29. The number of allylic oxidation sites excluding steroid dienone is 1. The number of aryl methyl sites for hydroxylation is 2. The first kappa shape index (κ1) is 22.8. The van der Waals surface area contributed by atoms with E-state index < -0.39 is 22.0 Å². The van der Waals surface area contributed by atoms with E-state index in [4.69, 9.17) is 4.74 Å². The lowest BCUT2D eigenvalue weighted by Crippen LogP contribution is -2.45. The molecule has 6 heteroatoms. The van der Waals surface area contributed by atoms with Gasteiger partial charge in [-0.1, -0.05) is 53.6 Å². The largest absolute Gasteiger partial charge is 0.465 e. The fourth-order valence-corrected chi connectivity index (χ4v) is 4.57. The molecule has 0 bridgehead atoms. The van der Waals surface area contributed by atoms with Crippen molar-refractivity contribution in [1.82, 2.24) is 4.31 Å². The highest BCUT2D eigenvalue weighted by Crippen LogP contribution is 2.25. The van der Waals surface area contributed by atoms with Gasteiger partial charge in [0.25, 0.3) is 0 Å². The Morgan fingerprint density at radius 2 is 1.62 bits per heavy atom. The fraction of sp³-hybridized carbons (Fsp3) is 0.348. The van der Waals surface area contributed by atoms with Gasteiger partial charge in [0.15, 0.2) is 0 Å². The van der Waals surface area contributed by atoms with E-state index in [1.807, 2.05) is 38.1 Å². The quantitative estimate of drug-likeness (QED) is 0.426. The minimum absolute atomic E-state index is 0.0805. The van der Waals surface area contributed by atoms with Crippen LogP contribution >= 0.6 is 0 Å². The minimum Gasteiger partial charge on any atom is -0.465 e. The van der Waals surface area contributed by atoms with Crippen molar-refractivity contribution in [2.45, 2.75) is 51.1 Å². The summed E-state index contributed by atoms with van der Waals surface area (Å²) in [7, 11) is -3.92. The molecule has 1 atom stereocenters. The molecule has 0 radical (unpaired) electrons. The summed E-state index contributed by atoms with van der Waals surface area (Å²) in [5.41, 5.74) is 2.84. The third-order valence-electron chi connectivity index (χ3n) is 4.64. The number of carbonyl (C=O) groups is 1. The van der Waals surface area contributed by atoms with Gasteiger partial charge < -0.3 is 4.74 Å². The van der Waals surface area contributed by atoms with Crippen molar-refractivity contribution >= 4 is 16.0 Å². The summed E-state index contributed by atoms with van der Waals surface area (Å²) >= 11 is 0. The zero-order valence-corrected chi connectivity index (χ0v) is 18.1. The van der Waals surface area contributed by atoms with Crippen LogP contribution < -0.4 is 0 Å². The summed E-state index contributed by atoms with van der Waals surface area (Å²) in [6.45, 7) is 9.54. The van der Waals surface area contributed by atoms with Gasteiger partial charge in [0, 0.05) is 6.54 Å². The molecule has 2 aromatic carbocycles. The Morgan fingerprint density at radius 3 is 2.14 bits per heavy atom. The molecular formula is C23H29NO4S. The average Bonchev–Trinajstić information content (AvgIpc) is 2.69. The van der Waals surface area contributed by atoms with Crippen molar-refractivity contribution < 1.29 is 17.9 Å². The molecule has 0 heterocycles. The van der Waals surface area contributed by atoms with Crippen LogP contribution in [0.25, 0.3) is 0 Å². The van der Waals surface area contributed by atoms with Crippen LogP contribution in [-0.2, 0) is 26.1 Å². The molecule has 0 aliphatic heterocycles. The number of esters is 1. The lowest BCUT2D eigenvalue weighted by atomic mass is 10.1. The number of nitrogens with zero attached hydrogens (tertiary/aromatic N) is 1. The van der Waals surface area contributed by atoms with Gasteiger partial charge in [0.2, 0.25) is 10.0 Å². The van der Waals surface area contributed by atoms with Crippen molar-refractivity contribution in [2.24, 2.45) is 0 Å². The van der Waals surface area contributed by atoms with E-state index in [1.54, 1.807) is 37.3 Å². The van der Waals surface area contributed by atoms with Crippen LogP contribution in [0.3, 0.4) is 0 Å². The van der Waals surface area contributed by atoms with E-state index in [9.17, 15) is 13.2 Å². The van der Waals surface area contributed by atoms with Crippen molar-refractivity contribution in [2.75, 3.05) is 6.61 Å². The maximum absolute atomic E-state index is 13.5. The van der Waals surface area contributed by atoms with E-state index in [1.165, 1.54) is 4.31 Å². The van der Waals surface area contributed by atoms with Crippen LogP contribution in [0.15, 0.2) is 66.1 Å². The van der Waals surface area contributed by atoms with Crippen LogP contribution in [0.4, 0.5) is 0 Å². The van der Waals surface area contributed by atoms with Gasteiger partial charge >= 0.3 is 5.97 Å². The van der Waals surface area contributed by atoms with E-state index in [2.05, 4.69) is 6.58 Å². The normalized spacial score (nSPS) is 12.6. The topological polar surface area (TPSA) is 63.7 Å². The van der Waals surface area contributed by atoms with Crippen LogP contribution in [-0.4, -0.2) is 31.3 Å². The molecule has 1 unspecified atom stereocenters. The SMILES string of the molecule is C=CCCC(C(=O)OCC)N(Cc1ccc(C)cc1)S(=O)(=O)c1ccc(C)cc1. The highest BCUT2D eigenvalue weighted by molar-refractivity contribution is 7.89. The van der Waals surface area contributed by atoms with Crippen LogP contribution in [0.1, 0.15) is 36.5 Å². The predicted octanol–water partition coefficient (Wildman–Crippen LogP) is 4.39. The van der Waals surface area contributed by atoms with E-state index >= 15 is 0 Å². The second kappa shape index (κ2) is 10.4. The van der Waals surface area contributed by atoms with Crippen LogP contribution in [0.5, 0.6) is 0 Å². The summed E-state index contributed by atoms with van der Waals surface area (Å²) in [4.78, 5) is 12.9. The number of benzene rings is 2. The Balaban J connectivity index is 2.52. The van der Waals surface area contributed by atoms with Gasteiger partial charge in [-0.05, 0) is 51.3 Å². The molecule has 0 saturated carbocycles. The summed E-state index contributed by atoms with van der Waals surface area (Å²) in [5.74, 6) is -0.544. The van der Waals surface area contributed by atoms with Gasteiger partial charge in [-0.2, -0.15) is 4.31 Å². The first-order valence-corrected chi connectivity index (χ1v) is 11.1. The molecule has 5 nitrogen and oxygen atoms in total. The van der Waals surface area contributed by atoms with Gasteiger partial charge in [-0.15, -0.1) is 6.58 Å². The number of hydrogen-bond donors (Lipinski definition) is 0. The average molecular weight is 416 g/mol. The molecule has 0 fully saturated rings. The monoisotopic (exact) mass is 415 g/mol. The third-order valence-corrected chi connectivity index (χ3v) is 6.51. The Kier molecular flexibility index (Phi) is 8.17. The van der Waals surface area contributed by atoms with Crippen molar-refractivity contribution in [1.29, 1.82) is 0 Å². The predicted molar refractivity (Wildman–Crippen MR) is 115 cm³/mol. The third kappa shape index (κ3) is 6.02. The molecule has 2 aromatic rings. The first-order valence-electron chi connectivity index (χ1n) is 9.71. The number of ether oxygens (including phenoxy) is 1. The molecule has 0 amide bonds. The van der Waals surface area contributed by atoms with Gasteiger partial charge in [0.05, 0.1) is 11.5 Å². The maximum atomic E-state index is 13.5. The fourth-order valence-electron chi connectivity index (χ4n) is 2.98. The molecule has 156 valence electrons. The maximum Gasteiger partial charge on any atom is 0.324 e. The summed E-state index contributed by atoms with van der Waals surface area (Å²) < 4.78 is 33.5. The Hall–Kier alpha value is -2.44. The molecule has 0 aliphatic carbocycles. The van der Waals surface area contributed by atoms with Gasteiger partial charge in [-0.3, -0.25) is 4.79 Å². The molecule has 2 rings (SSSR count). The molecule has 0 N–H and O–H groups in total. The van der Waals surface area contributed by atoms with Gasteiger partial charge in [-0.25, -0.2) is 8.42 Å². The smallest absolute Gasteiger partial charge is 0.324 e. The van der Waals surface area contributed by atoms with Crippen molar-refractivity contribution in [3.05, 3.63) is 77.9 Å². The zero-order chi connectivity index (χ0) is 21.4. The number of sulfonamides is 1. The summed E-state index contributed by atoms with van der Waals surface area (Å²) in [6, 6.07) is 13.3. The highest BCUT2D eigenvalue weighted by Gasteiger charge is 2.36. The molecule has 0 aromatic heterocycles. The summed E-state index contributed by atoms with van der Waals surface area (Å²) in [5, 5.41) is 0. The first-order chi connectivity index (χ1) is 13.8. The van der Waals surface area contributed by atoms with E-state index in [-0.39, 0.29) is 18.0 Å². The second-order valence-electron chi connectivity index (χ2n) is 6.98. The molecule has 0 saturated heterocycles. The van der Waals surface area contributed by atoms with E-state index in [0.29, 0.717) is 12.8 Å². The molecule has 0 aliphatic rings. The number of carbonyl (C=O) groups excluding carboxylic acids is 1. The second-order valence-corrected chi connectivity index (χ2v) is 8.87. The van der Waals surface area contributed by atoms with Crippen LogP contribution in [0.2, 0.25) is 0 Å². The molecular weight excluding hydrogens is 386 g/mol.